The van der Waals surface area contributed by atoms with Crippen molar-refractivity contribution in [1.29, 1.82) is 0 Å². The van der Waals surface area contributed by atoms with E-state index >= 15 is 0 Å². The summed E-state index contributed by atoms with van der Waals surface area (Å²) in [4.78, 5) is 0. The normalized spacial score (nSPS) is 17.2. The van der Waals surface area contributed by atoms with Crippen molar-refractivity contribution in [1.82, 2.24) is 5.32 Å². The minimum atomic E-state index is 0.330. The first kappa shape index (κ1) is 14.5. The van der Waals surface area contributed by atoms with Gasteiger partial charge in [-0.25, -0.2) is 0 Å². The molecule has 1 aromatic carbocycles. The highest BCUT2D eigenvalue weighted by molar-refractivity contribution is 5.29. The van der Waals surface area contributed by atoms with Crippen LogP contribution in [-0.4, -0.2) is 19.8 Å². The molecule has 1 aliphatic carbocycles. The smallest absolute Gasteiger partial charge is 0.0661 e. The van der Waals surface area contributed by atoms with E-state index in [-0.39, 0.29) is 0 Å². The predicted octanol–water partition coefficient (Wildman–Crippen LogP) is 4.03. The third-order valence-corrected chi connectivity index (χ3v) is 3.97. The molecule has 0 heterocycles. The third kappa shape index (κ3) is 4.05. The number of ether oxygens (including phenoxy) is 1. The molecule has 1 aliphatic rings. The number of hydrogen-bond acceptors (Lipinski definition) is 2. The molecule has 1 N–H and O–H groups in total. The molecule has 1 saturated carbocycles. The second kappa shape index (κ2) is 7.66. The first-order valence-corrected chi connectivity index (χ1v) is 7.76. The fourth-order valence-electron chi connectivity index (χ4n) is 2.64. The molecule has 2 rings (SSSR count). The SMILES string of the molecule is CCCOCC(NCC)c1cccc(C2CCC2)c1. The molecule has 2 nitrogen and oxygen atoms in total. The molecule has 0 bridgehead atoms. The van der Waals surface area contributed by atoms with Gasteiger partial charge < -0.3 is 10.1 Å². The van der Waals surface area contributed by atoms with Crippen molar-refractivity contribution in [2.45, 2.75) is 51.5 Å². The Morgan fingerprint density at radius 3 is 2.79 bits per heavy atom. The lowest BCUT2D eigenvalue weighted by Gasteiger charge is -2.27. The van der Waals surface area contributed by atoms with E-state index in [4.69, 9.17) is 4.74 Å². The maximum absolute atomic E-state index is 5.73. The van der Waals surface area contributed by atoms with Gasteiger partial charge in [-0.15, -0.1) is 0 Å². The number of hydrogen-bond donors (Lipinski definition) is 1. The van der Waals surface area contributed by atoms with E-state index in [0.29, 0.717) is 6.04 Å². The lowest BCUT2D eigenvalue weighted by atomic mass is 9.79. The first-order valence-electron chi connectivity index (χ1n) is 7.76. The summed E-state index contributed by atoms with van der Waals surface area (Å²) in [5, 5.41) is 3.53. The molecule has 0 radical (unpaired) electrons. The van der Waals surface area contributed by atoms with Crippen LogP contribution >= 0.6 is 0 Å². The highest BCUT2D eigenvalue weighted by Gasteiger charge is 2.20. The van der Waals surface area contributed by atoms with Crippen molar-refractivity contribution in [2.75, 3.05) is 19.8 Å². The van der Waals surface area contributed by atoms with Gasteiger partial charge in [-0.05, 0) is 42.9 Å². The van der Waals surface area contributed by atoms with E-state index in [0.717, 1.165) is 32.1 Å². The molecule has 1 atom stereocenters. The largest absolute Gasteiger partial charge is 0.379 e. The monoisotopic (exact) mass is 261 g/mol. The number of likely N-dealkylation sites (N-methyl/N-ethyl adjacent to an activating group) is 1. The van der Waals surface area contributed by atoms with E-state index in [1.807, 2.05) is 0 Å². The van der Waals surface area contributed by atoms with E-state index < -0.39 is 0 Å². The summed E-state index contributed by atoms with van der Waals surface area (Å²) < 4.78 is 5.73. The minimum Gasteiger partial charge on any atom is -0.379 e. The molecule has 0 amide bonds. The maximum atomic E-state index is 5.73. The van der Waals surface area contributed by atoms with Gasteiger partial charge in [0.05, 0.1) is 12.6 Å². The van der Waals surface area contributed by atoms with Crippen LogP contribution in [0.15, 0.2) is 24.3 Å². The molecule has 1 fully saturated rings. The average Bonchev–Trinajstić information content (AvgIpc) is 2.36. The molecule has 19 heavy (non-hydrogen) atoms. The molecule has 0 spiro atoms. The average molecular weight is 261 g/mol. The van der Waals surface area contributed by atoms with Gasteiger partial charge in [-0.1, -0.05) is 44.5 Å². The number of rotatable bonds is 8. The Bertz CT molecular complexity index is 373. The summed E-state index contributed by atoms with van der Waals surface area (Å²) >= 11 is 0. The molecule has 0 aromatic heterocycles. The summed E-state index contributed by atoms with van der Waals surface area (Å²) in [6.45, 7) is 6.91. The minimum absolute atomic E-state index is 0.330. The Labute approximate surface area is 117 Å². The van der Waals surface area contributed by atoms with Gasteiger partial charge in [0.2, 0.25) is 0 Å². The van der Waals surface area contributed by atoms with Crippen molar-refractivity contribution in [3.63, 3.8) is 0 Å². The van der Waals surface area contributed by atoms with Crippen LogP contribution in [0.3, 0.4) is 0 Å². The second-order valence-corrected chi connectivity index (χ2v) is 5.48. The van der Waals surface area contributed by atoms with Crippen molar-refractivity contribution < 1.29 is 4.74 Å². The molecule has 0 aliphatic heterocycles. The van der Waals surface area contributed by atoms with Crippen LogP contribution < -0.4 is 5.32 Å². The van der Waals surface area contributed by atoms with E-state index in [1.54, 1.807) is 0 Å². The highest BCUT2D eigenvalue weighted by Crippen LogP contribution is 2.36. The number of nitrogens with one attached hydrogen (secondary N) is 1. The fraction of sp³-hybridized carbons (Fsp3) is 0.647. The van der Waals surface area contributed by atoms with Crippen LogP contribution in [-0.2, 0) is 4.74 Å². The van der Waals surface area contributed by atoms with E-state index in [9.17, 15) is 0 Å². The van der Waals surface area contributed by atoms with E-state index in [2.05, 4.69) is 43.4 Å². The molecule has 106 valence electrons. The Balaban J connectivity index is 2.02. The van der Waals surface area contributed by atoms with Crippen LogP contribution in [0.5, 0.6) is 0 Å². The zero-order chi connectivity index (χ0) is 13.5. The number of benzene rings is 1. The summed E-state index contributed by atoms with van der Waals surface area (Å²) in [5.41, 5.74) is 2.89. The molecular weight excluding hydrogens is 234 g/mol. The van der Waals surface area contributed by atoms with Crippen molar-refractivity contribution in [3.05, 3.63) is 35.4 Å². The van der Waals surface area contributed by atoms with Gasteiger partial charge in [0.25, 0.3) is 0 Å². The fourth-order valence-corrected chi connectivity index (χ4v) is 2.64. The van der Waals surface area contributed by atoms with Gasteiger partial charge in [0.15, 0.2) is 0 Å². The Kier molecular flexibility index (Phi) is 5.87. The molecule has 1 aromatic rings. The first-order chi connectivity index (χ1) is 9.35. The Morgan fingerprint density at radius 1 is 1.32 bits per heavy atom. The van der Waals surface area contributed by atoms with Gasteiger partial charge in [-0.3, -0.25) is 0 Å². The van der Waals surface area contributed by atoms with Crippen molar-refractivity contribution in [3.8, 4) is 0 Å². The van der Waals surface area contributed by atoms with Crippen molar-refractivity contribution >= 4 is 0 Å². The molecule has 0 saturated heterocycles. The maximum Gasteiger partial charge on any atom is 0.0661 e. The van der Waals surface area contributed by atoms with Crippen molar-refractivity contribution in [2.24, 2.45) is 0 Å². The van der Waals surface area contributed by atoms with Crippen LogP contribution in [0.4, 0.5) is 0 Å². The zero-order valence-corrected chi connectivity index (χ0v) is 12.3. The third-order valence-electron chi connectivity index (χ3n) is 3.97. The molecular formula is C17H27NO. The topological polar surface area (TPSA) is 21.3 Å². The predicted molar refractivity (Wildman–Crippen MR) is 80.6 cm³/mol. The van der Waals surface area contributed by atoms with Gasteiger partial charge in [0, 0.05) is 6.61 Å². The summed E-state index contributed by atoms with van der Waals surface area (Å²) in [7, 11) is 0. The van der Waals surface area contributed by atoms with Crippen LogP contribution in [0.25, 0.3) is 0 Å². The molecule has 2 heteroatoms. The standard InChI is InChI=1S/C17H27NO/c1-3-11-19-13-17(18-4-2)16-10-6-9-15(12-16)14-7-5-8-14/h6,9-10,12,14,17-18H,3-5,7-8,11,13H2,1-2H3. The van der Waals surface area contributed by atoms with Crippen LogP contribution in [0, 0.1) is 0 Å². The lowest BCUT2D eigenvalue weighted by Crippen LogP contribution is -2.25. The van der Waals surface area contributed by atoms with Gasteiger partial charge in [0.1, 0.15) is 0 Å². The summed E-state index contributed by atoms with van der Waals surface area (Å²) in [6, 6.07) is 9.42. The highest BCUT2D eigenvalue weighted by atomic mass is 16.5. The zero-order valence-electron chi connectivity index (χ0n) is 12.3. The summed E-state index contributed by atoms with van der Waals surface area (Å²) in [5.74, 6) is 0.804. The lowest BCUT2D eigenvalue weighted by molar-refractivity contribution is 0.112. The Morgan fingerprint density at radius 2 is 2.16 bits per heavy atom. The summed E-state index contributed by atoms with van der Waals surface area (Å²) in [6.07, 6.45) is 5.20. The van der Waals surface area contributed by atoms with Crippen LogP contribution in [0.2, 0.25) is 0 Å². The van der Waals surface area contributed by atoms with Crippen LogP contribution in [0.1, 0.15) is 62.6 Å². The van der Waals surface area contributed by atoms with Gasteiger partial charge in [-0.2, -0.15) is 0 Å². The quantitative estimate of drug-likeness (QED) is 0.713. The molecule has 1 unspecified atom stereocenters. The van der Waals surface area contributed by atoms with E-state index in [1.165, 1.54) is 30.4 Å². The Hall–Kier alpha value is -0.860. The van der Waals surface area contributed by atoms with Gasteiger partial charge >= 0.3 is 0 Å². The second-order valence-electron chi connectivity index (χ2n) is 5.48.